The van der Waals surface area contributed by atoms with E-state index in [9.17, 15) is 4.79 Å². The third-order valence-corrected chi connectivity index (χ3v) is 4.36. The maximum Gasteiger partial charge on any atom is 0.230 e. The summed E-state index contributed by atoms with van der Waals surface area (Å²) in [7, 11) is 0. The highest BCUT2D eigenvalue weighted by atomic mass is 35.5. The van der Waals surface area contributed by atoms with Crippen LogP contribution >= 0.6 is 24.0 Å². The predicted octanol–water partition coefficient (Wildman–Crippen LogP) is 3.67. The van der Waals surface area contributed by atoms with Crippen molar-refractivity contribution < 1.29 is 4.79 Å². The van der Waals surface area contributed by atoms with Crippen molar-refractivity contribution in [2.45, 2.75) is 51.5 Å². The molecular formula is C16H26Cl2N2O. The number of rotatable bonds is 6. The molecule has 5 heteroatoms. The van der Waals surface area contributed by atoms with Crippen LogP contribution in [0.15, 0.2) is 24.3 Å². The van der Waals surface area contributed by atoms with Crippen LogP contribution in [0.5, 0.6) is 0 Å². The Balaban J connectivity index is 0.00000400. The van der Waals surface area contributed by atoms with E-state index in [0.717, 1.165) is 18.4 Å². The summed E-state index contributed by atoms with van der Waals surface area (Å²) >= 11 is 6.00. The largest absolute Gasteiger partial charge is 0.354 e. The molecular weight excluding hydrogens is 307 g/mol. The molecule has 0 aliphatic rings. The first kappa shape index (κ1) is 20.2. The lowest BCUT2D eigenvalue weighted by Gasteiger charge is -2.30. The Morgan fingerprint density at radius 2 is 1.86 bits per heavy atom. The average Bonchev–Trinajstić information content (AvgIpc) is 2.44. The van der Waals surface area contributed by atoms with Crippen molar-refractivity contribution in [3.63, 3.8) is 0 Å². The van der Waals surface area contributed by atoms with Crippen LogP contribution in [0.1, 0.15) is 46.1 Å². The average molecular weight is 333 g/mol. The molecule has 1 amide bonds. The maximum absolute atomic E-state index is 12.4. The van der Waals surface area contributed by atoms with Crippen LogP contribution in [0, 0.1) is 0 Å². The fourth-order valence-corrected chi connectivity index (χ4v) is 2.18. The van der Waals surface area contributed by atoms with Crippen molar-refractivity contribution in [2.75, 3.05) is 6.54 Å². The second-order valence-corrected chi connectivity index (χ2v) is 6.32. The van der Waals surface area contributed by atoms with Gasteiger partial charge in [0.1, 0.15) is 0 Å². The minimum Gasteiger partial charge on any atom is -0.354 e. The van der Waals surface area contributed by atoms with Crippen molar-refractivity contribution in [3.8, 4) is 0 Å². The van der Waals surface area contributed by atoms with Gasteiger partial charge in [-0.05, 0) is 44.4 Å². The van der Waals surface area contributed by atoms with Gasteiger partial charge in [-0.15, -0.1) is 12.4 Å². The van der Waals surface area contributed by atoms with Crippen molar-refractivity contribution in [1.29, 1.82) is 0 Å². The molecule has 1 aromatic carbocycles. The summed E-state index contributed by atoms with van der Waals surface area (Å²) < 4.78 is 0. The molecule has 0 saturated heterocycles. The minimum absolute atomic E-state index is 0. The Labute approximate surface area is 139 Å². The van der Waals surface area contributed by atoms with Gasteiger partial charge in [0.05, 0.1) is 5.41 Å². The zero-order chi connectivity index (χ0) is 15.4. The lowest BCUT2D eigenvalue weighted by Crippen LogP contribution is -2.52. The first-order valence-electron chi connectivity index (χ1n) is 7.08. The van der Waals surface area contributed by atoms with Crippen LogP contribution in [-0.4, -0.2) is 18.0 Å². The molecule has 0 bridgehead atoms. The van der Waals surface area contributed by atoms with E-state index in [-0.39, 0.29) is 23.9 Å². The summed E-state index contributed by atoms with van der Waals surface area (Å²) in [6.07, 6.45) is 1.67. The van der Waals surface area contributed by atoms with Gasteiger partial charge in [-0.2, -0.15) is 0 Å². The summed E-state index contributed by atoms with van der Waals surface area (Å²) in [5.74, 6) is -0.0310. The molecule has 1 aromatic rings. The second kappa shape index (κ2) is 8.02. The lowest BCUT2D eigenvalue weighted by molar-refractivity contribution is -0.125. The molecule has 0 aliphatic heterocycles. The number of halogens is 2. The minimum atomic E-state index is -0.632. The van der Waals surface area contributed by atoms with Gasteiger partial charge in [0.25, 0.3) is 0 Å². The van der Waals surface area contributed by atoms with E-state index in [4.69, 9.17) is 17.3 Å². The summed E-state index contributed by atoms with van der Waals surface area (Å²) in [4.78, 5) is 12.4. The van der Waals surface area contributed by atoms with Gasteiger partial charge in [0.2, 0.25) is 5.91 Å². The number of carbonyl (C=O) groups excluding carboxylic acids is 1. The number of amides is 1. The van der Waals surface area contributed by atoms with Gasteiger partial charge in [-0.25, -0.2) is 0 Å². The SMILES string of the molecule is CCC(N)(CC)CNC(=O)C(C)(C)c1cccc(Cl)c1.Cl. The molecule has 0 aromatic heterocycles. The standard InChI is InChI=1S/C16H25ClN2O.ClH/c1-5-16(18,6-2)11-19-14(20)15(3,4)12-8-7-9-13(17)10-12;/h7-10H,5-6,11,18H2,1-4H3,(H,19,20);1H. The Morgan fingerprint density at radius 3 is 2.33 bits per heavy atom. The van der Waals surface area contributed by atoms with Gasteiger partial charge in [-0.3, -0.25) is 4.79 Å². The maximum atomic E-state index is 12.4. The van der Waals surface area contributed by atoms with E-state index in [1.807, 2.05) is 45.9 Å². The fourth-order valence-electron chi connectivity index (χ4n) is 1.99. The van der Waals surface area contributed by atoms with Crippen LogP contribution in [0.3, 0.4) is 0 Å². The summed E-state index contributed by atoms with van der Waals surface area (Å²) in [5.41, 5.74) is 6.15. The van der Waals surface area contributed by atoms with Crippen LogP contribution in [0.25, 0.3) is 0 Å². The third-order valence-electron chi connectivity index (χ3n) is 4.12. The van der Waals surface area contributed by atoms with E-state index < -0.39 is 5.41 Å². The second-order valence-electron chi connectivity index (χ2n) is 5.89. The van der Waals surface area contributed by atoms with Crippen molar-refractivity contribution in [1.82, 2.24) is 5.32 Å². The highest BCUT2D eigenvalue weighted by molar-refractivity contribution is 6.30. The molecule has 0 fully saturated rings. The highest BCUT2D eigenvalue weighted by Crippen LogP contribution is 2.26. The number of benzene rings is 1. The Morgan fingerprint density at radius 1 is 1.29 bits per heavy atom. The number of hydrogen-bond acceptors (Lipinski definition) is 2. The summed E-state index contributed by atoms with van der Waals surface area (Å²) in [6, 6.07) is 7.41. The Bertz CT molecular complexity index is 471. The monoisotopic (exact) mass is 332 g/mol. The normalized spacial score (nSPS) is 11.7. The first-order chi connectivity index (χ1) is 9.25. The smallest absolute Gasteiger partial charge is 0.230 e. The number of nitrogens with two attached hydrogens (primary N) is 1. The molecule has 0 unspecified atom stereocenters. The molecule has 0 aliphatic carbocycles. The highest BCUT2D eigenvalue weighted by Gasteiger charge is 2.31. The molecule has 0 atom stereocenters. The summed E-state index contributed by atoms with van der Waals surface area (Å²) in [6.45, 7) is 8.35. The van der Waals surface area contributed by atoms with Gasteiger partial charge in [0.15, 0.2) is 0 Å². The summed E-state index contributed by atoms with van der Waals surface area (Å²) in [5, 5.41) is 3.61. The predicted molar refractivity (Wildman–Crippen MR) is 92.2 cm³/mol. The molecule has 1 rings (SSSR count). The van der Waals surface area contributed by atoms with Crippen LogP contribution in [-0.2, 0) is 10.2 Å². The van der Waals surface area contributed by atoms with Gasteiger partial charge in [-0.1, -0.05) is 37.6 Å². The quantitative estimate of drug-likeness (QED) is 0.834. The topological polar surface area (TPSA) is 55.1 Å². The van der Waals surface area contributed by atoms with E-state index in [1.54, 1.807) is 6.07 Å². The number of carbonyl (C=O) groups is 1. The van der Waals surface area contributed by atoms with E-state index in [2.05, 4.69) is 5.32 Å². The lowest BCUT2D eigenvalue weighted by atomic mass is 9.83. The number of nitrogens with one attached hydrogen (secondary N) is 1. The molecule has 0 saturated carbocycles. The zero-order valence-corrected chi connectivity index (χ0v) is 14.8. The van der Waals surface area contributed by atoms with E-state index in [1.165, 1.54) is 0 Å². The van der Waals surface area contributed by atoms with Crippen molar-refractivity contribution in [2.24, 2.45) is 5.73 Å². The van der Waals surface area contributed by atoms with E-state index in [0.29, 0.717) is 11.6 Å². The van der Waals surface area contributed by atoms with Crippen LogP contribution < -0.4 is 11.1 Å². The van der Waals surface area contributed by atoms with E-state index >= 15 is 0 Å². The van der Waals surface area contributed by atoms with Crippen molar-refractivity contribution in [3.05, 3.63) is 34.9 Å². The molecule has 0 heterocycles. The fraction of sp³-hybridized carbons (Fsp3) is 0.562. The van der Waals surface area contributed by atoms with Crippen LogP contribution in [0.4, 0.5) is 0 Å². The van der Waals surface area contributed by atoms with Crippen LogP contribution in [0.2, 0.25) is 5.02 Å². The molecule has 21 heavy (non-hydrogen) atoms. The number of hydrogen-bond donors (Lipinski definition) is 2. The Kier molecular flexibility index (Phi) is 7.73. The van der Waals surface area contributed by atoms with Gasteiger partial charge < -0.3 is 11.1 Å². The third kappa shape index (κ3) is 5.17. The van der Waals surface area contributed by atoms with Crippen molar-refractivity contribution >= 4 is 29.9 Å². The Hall–Kier alpha value is -0.770. The van der Waals surface area contributed by atoms with Gasteiger partial charge in [0, 0.05) is 17.1 Å². The molecule has 120 valence electrons. The molecule has 3 nitrogen and oxygen atoms in total. The molecule has 0 spiro atoms. The molecule has 3 N–H and O–H groups in total. The molecule has 0 radical (unpaired) electrons. The zero-order valence-electron chi connectivity index (χ0n) is 13.2. The first-order valence-corrected chi connectivity index (χ1v) is 7.46. The van der Waals surface area contributed by atoms with Gasteiger partial charge >= 0.3 is 0 Å².